The zero-order chi connectivity index (χ0) is 16.4. The maximum atomic E-state index is 13.8. The van der Waals surface area contributed by atoms with Crippen molar-refractivity contribution in [3.63, 3.8) is 0 Å². The molecule has 2 aliphatic rings. The lowest BCUT2D eigenvalue weighted by Gasteiger charge is -2.52. The largest absolute Gasteiger partial charge is 0.453 e. The van der Waals surface area contributed by atoms with Gasteiger partial charge in [-0.3, -0.25) is 4.90 Å². The quantitative estimate of drug-likeness (QED) is 0.926. The van der Waals surface area contributed by atoms with Gasteiger partial charge in [-0.2, -0.15) is 0 Å². The van der Waals surface area contributed by atoms with Gasteiger partial charge in [-0.25, -0.2) is 9.18 Å². The Morgan fingerprint density at radius 3 is 2.74 bits per heavy atom. The molecule has 126 valence electrons. The fraction of sp³-hybridized carbons (Fsp3) is 0.611. The lowest BCUT2D eigenvalue weighted by Crippen LogP contribution is -2.58. The van der Waals surface area contributed by atoms with Crippen LogP contribution in [0.5, 0.6) is 0 Å². The smallest absolute Gasteiger partial charge is 0.407 e. The van der Waals surface area contributed by atoms with E-state index in [2.05, 4.69) is 17.1 Å². The van der Waals surface area contributed by atoms with Crippen LogP contribution in [0.25, 0.3) is 0 Å². The third-order valence-corrected chi connectivity index (χ3v) is 5.65. The number of nitrogens with zero attached hydrogens (tertiary/aromatic N) is 1. The molecule has 1 aliphatic carbocycles. The number of benzene rings is 1. The van der Waals surface area contributed by atoms with E-state index in [4.69, 9.17) is 4.74 Å². The van der Waals surface area contributed by atoms with Crippen LogP contribution in [0.15, 0.2) is 24.3 Å². The Morgan fingerprint density at radius 1 is 1.35 bits per heavy atom. The van der Waals surface area contributed by atoms with E-state index in [1.807, 2.05) is 6.07 Å². The standard InChI is InChI=1S/C18H25FN2O2/c1-18(21-10-5-11-21,13-6-3-7-14(19)12-13)15-8-4-9-16(15)20-17(22)23-2/h3,6-7,12,15-16H,4-5,8-11H2,1-2H3,(H,20,22)/t15-,16-,18?/m0/s1. The van der Waals surface area contributed by atoms with Crippen LogP contribution in [0.4, 0.5) is 9.18 Å². The minimum Gasteiger partial charge on any atom is -0.453 e. The van der Waals surface area contributed by atoms with Crippen molar-refractivity contribution in [1.29, 1.82) is 0 Å². The number of likely N-dealkylation sites (tertiary alicyclic amines) is 1. The second-order valence-electron chi connectivity index (χ2n) is 6.78. The highest BCUT2D eigenvalue weighted by Gasteiger charge is 2.48. The van der Waals surface area contributed by atoms with E-state index in [-0.39, 0.29) is 29.4 Å². The van der Waals surface area contributed by atoms with E-state index in [1.165, 1.54) is 19.6 Å². The molecule has 5 heteroatoms. The van der Waals surface area contributed by atoms with Crippen molar-refractivity contribution in [3.8, 4) is 0 Å². The summed E-state index contributed by atoms with van der Waals surface area (Å²) in [6.45, 7) is 4.24. The molecule has 1 N–H and O–H groups in total. The highest BCUT2D eigenvalue weighted by Crippen LogP contribution is 2.46. The lowest BCUT2D eigenvalue weighted by atomic mass is 9.74. The Kier molecular flexibility index (Phi) is 4.57. The summed E-state index contributed by atoms with van der Waals surface area (Å²) >= 11 is 0. The molecular formula is C18H25FN2O2. The number of nitrogens with one attached hydrogen (secondary N) is 1. The zero-order valence-corrected chi connectivity index (χ0v) is 13.8. The molecular weight excluding hydrogens is 295 g/mol. The summed E-state index contributed by atoms with van der Waals surface area (Å²) in [4.78, 5) is 14.1. The maximum absolute atomic E-state index is 13.8. The van der Waals surface area contributed by atoms with Gasteiger partial charge in [0.1, 0.15) is 5.82 Å². The summed E-state index contributed by atoms with van der Waals surface area (Å²) < 4.78 is 18.6. The molecule has 1 aromatic rings. The number of methoxy groups -OCH3 is 1. The topological polar surface area (TPSA) is 41.6 Å². The number of hydrogen-bond acceptors (Lipinski definition) is 3. The van der Waals surface area contributed by atoms with E-state index in [0.717, 1.165) is 37.9 Å². The minimum absolute atomic E-state index is 0.0660. The molecule has 3 rings (SSSR count). The summed E-state index contributed by atoms with van der Waals surface area (Å²) in [6.07, 6.45) is 3.83. The van der Waals surface area contributed by atoms with Gasteiger partial charge in [0.25, 0.3) is 0 Å². The van der Waals surface area contributed by atoms with Crippen molar-refractivity contribution in [3.05, 3.63) is 35.6 Å². The van der Waals surface area contributed by atoms with Crippen LogP contribution in [0.3, 0.4) is 0 Å². The summed E-state index contributed by atoms with van der Waals surface area (Å²) in [7, 11) is 1.39. The van der Waals surface area contributed by atoms with Crippen LogP contribution < -0.4 is 5.32 Å². The van der Waals surface area contributed by atoms with Gasteiger partial charge in [0, 0.05) is 30.6 Å². The fourth-order valence-corrected chi connectivity index (χ4v) is 4.23. The number of carbonyl (C=O) groups excluding carboxylic acids is 1. The first-order valence-corrected chi connectivity index (χ1v) is 8.41. The molecule has 0 aromatic heterocycles. The van der Waals surface area contributed by atoms with E-state index < -0.39 is 0 Å². The van der Waals surface area contributed by atoms with Crippen LogP contribution in [-0.2, 0) is 10.3 Å². The molecule has 0 radical (unpaired) electrons. The minimum atomic E-state index is -0.382. The van der Waals surface area contributed by atoms with Gasteiger partial charge >= 0.3 is 6.09 Å². The number of hydrogen-bond donors (Lipinski definition) is 1. The summed E-state index contributed by atoms with van der Waals surface area (Å²) in [5.41, 5.74) is 0.739. The van der Waals surface area contributed by atoms with E-state index in [0.29, 0.717) is 0 Å². The zero-order valence-electron chi connectivity index (χ0n) is 13.8. The van der Waals surface area contributed by atoms with Crippen LogP contribution in [-0.4, -0.2) is 37.2 Å². The highest BCUT2D eigenvalue weighted by molar-refractivity contribution is 5.67. The molecule has 3 atom stereocenters. The summed E-state index contributed by atoms with van der Waals surface area (Å²) in [6, 6.07) is 6.98. The molecule has 2 fully saturated rings. The predicted molar refractivity (Wildman–Crippen MR) is 86.6 cm³/mol. The predicted octanol–water partition coefficient (Wildman–Crippen LogP) is 3.27. The SMILES string of the molecule is COC(=O)N[C@H]1CCC[C@@H]1C(C)(c1cccc(F)c1)N1CCC1. The molecule has 1 saturated carbocycles. The van der Waals surface area contributed by atoms with Gasteiger partial charge in [0.15, 0.2) is 0 Å². The Morgan fingerprint density at radius 2 is 2.13 bits per heavy atom. The molecule has 0 bridgehead atoms. The first-order valence-electron chi connectivity index (χ1n) is 8.41. The monoisotopic (exact) mass is 320 g/mol. The summed E-state index contributed by atoms with van der Waals surface area (Å²) in [5.74, 6) is 0.0495. The molecule has 1 aromatic carbocycles. The highest BCUT2D eigenvalue weighted by atomic mass is 19.1. The molecule has 23 heavy (non-hydrogen) atoms. The fourth-order valence-electron chi connectivity index (χ4n) is 4.23. The van der Waals surface area contributed by atoms with Crippen LogP contribution >= 0.6 is 0 Å². The average molecular weight is 320 g/mol. The van der Waals surface area contributed by atoms with Crippen LogP contribution in [0.1, 0.15) is 38.2 Å². The van der Waals surface area contributed by atoms with Gasteiger partial charge < -0.3 is 10.1 Å². The van der Waals surface area contributed by atoms with Gasteiger partial charge in [-0.05, 0) is 43.9 Å². The van der Waals surface area contributed by atoms with E-state index >= 15 is 0 Å². The molecule has 0 spiro atoms. The number of carbonyl (C=O) groups is 1. The van der Waals surface area contributed by atoms with Crippen molar-refractivity contribution in [2.24, 2.45) is 5.92 Å². The summed E-state index contributed by atoms with van der Waals surface area (Å²) in [5, 5.41) is 2.99. The molecule has 4 nitrogen and oxygen atoms in total. The van der Waals surface area contributed by atoms with Crippen molar-refractivity contribution in [2.75, 3.05) is 20.2 Å². The van der Waals surface area contributed by atoms with E-state index in [1.54, 1.807) is 12.1 Å². The van der Waals surface area contributed by atoms with Crippen LogP contribution in [0, 0.1) is 11.7 Å². The second-order valence-corrected chi connectivity index (χ2v) is 6.78. The van der Waals surface area contributed by atoms with Gasteiger partial charge in [0.05, 0.1) is 7.11 Å². The van der Waals surface area contributed by atoms with Crippen molar-refractivity contribution in [2.45, 2.75) is 44.2 Å². The Hall–Kier alpha value is -1.62. The first-order chi connectivity index (χ1) is 11.1. The number of halogens is 1. The molecule has 1 aliphatic heterocycles. The Balaban J connectivity index is 1.93. The van der Waals surface area contributed by atoms with Gasteiger partial charge in [-0.15, -0.1) is 0 Å². The number of alkyl carbamates (subject to hydrolysis) is 1. The lowest BCUT2D eigenvalue weighted by molar-refractivity contribution is -0.0132. The molecule has 1 unspecified atom stereocenters. The third kappa shape index (κ3) is 2.94. The van der Waals surface area contributed by atoms with E-state index in [9.17, 15) is 9.18 Å². The van der Waals surface area contributed by atoms with Crippen LogP contribution in [0.2, 0.25) is 0 Å². The molecule has 1 saturated heterocycles. The van der Waals surface area contributed by atoms with Gasteiger partial charge in [-0.1, -0.05) is 18.6 Å². The second kappa shape index (κ2) is 6.48. The number of ether oxygens (including phenoxy) is 1. The van der Waals surface area contributed by atoms with Crippen molar-refractivity contribution in [1.82, 2.24) is 10.2 Å². The number of amides is 1. The van der Waals surface area contributed by atoms with Crippen molar-refractivity contribution < 1.29 is 13.9 Å². The Labute approximate surface area is 137 Å². The maximum Gasteiger partial charge on any atom is 0.407 e. The Bertz CT molecular complexity index is 576. The van der Waals surface area contributed by atoms with Gasteiger partial charge in [0.2, 0.25) is 0 Å². The number of rotatable bonds is 4. The normalized spacial score (nSPS) is 27.1. The molecule has 1 amide bonds. The first kappa shape index (κ1) is 16.2. The third-order valence-electron chi connectivity index (χ3n) is 5.65. The average Bonchev–Trinajstić information content (AvgIpc) is 2.93. The van der Waals surface area contributed by atoms with Crippen molar-refractivity contribution >= 4 is 6.09 Å². The molecule has 1 heterocycles.